The maximum atomic E-state index is 12.6. The van der Waals surface area contributed by atoms with Crippen molar-refractivity contribution >= 4 is 29.1 Å². The number of nitrogens with one attached hydrogen (secondary N) is 1. The van der Waals surface area contributed by atoms with Gasteiger partial charge in [0.05, 0.1) is 0 Å². The third-order valence-electron chi connectivity index (χ3n) is 6.25. The average molecular weight is 436 g/mol. The van der Waals surface area contributed by atoms with Crippen LogP contribution in [0, 0.1) is 0 Å². The van der Waals surface area contributed by atoms with Gasteiger partial charge in [0, 0.05) is 42.0 Å². The molecule has 0 bridgehead atoms. The van der Waals surface area contributed by atoms with Gasteiger partial charge >= 0.3 is 0 Å². The molecular weight excluding hydrogens is 406 g/mol. The van der Waals surface area contributed by atoms with Gasteiger partial charge < -0.3 is 19.9 Å². The summed E-state index contributed by atoms with van der Waals surface area (Å²) in [5.74, 6) is 0.424. The fraction of sp³-hybridized carbons (Fsp3) is 0.400. The van der Waals surface area contributed by atoms with E-state index in [1.165, 1.54) is 0 Å². The molecule has 2 saturated heterocycles. The van der Waals surface area contributed by atoms with Gasteiger partial charge in [-0.15, -0.1) is 0 Å². The van der Waals surface area contributed by atoms with Crippen LogP contribution in [0.15, 0.2) is 48.5 Å². The Labute approximate surface area is 188 Å². The number of carbonyl (C=O) groups excluding carboxylic acids is 3. The number of anilines is 2. The summed E-state index contributed by atoms with van der Waals surface area (Å²) in [6, 6.07) is 14.4. The molecule has 4 rings (SSSR count). The van der Waals surface area contributed by atoms with Crippen molar-refractivity contribution in [3.8, 4) is 5.75 Å². The Morgan fingerprint density at radius 3 is 2.22 bits per heavy atom. The largest absolute Gasteiger partial charge is 0.484 e. The number of β-lactam (4-membered cyclic amide) rings is 1. The zero-order valence-corrected chi connectivity index (χ0v) is 18.5. The van der Waals surface area contributed by atoms with Gasteiger partial charge in [0.2, 0.25) is 5.91 Å². The van der Waals surface area contributed by atoms with Crippen LogP contribution in [0.1, 0.15) is 49.9 Å². The number of rotatable bonds is 6. The van der Waals surface area contributed by atoms with Crippen LogP contribution in [0.3, 0.4) is 0 Å². The van der Waals surface area contributed by atoms with Crippen molar-refractivity contribution in [1.82, 2.24) is 4.90 Å². The Hall–Kier alpha value is -3.35. The number of likely N-dealkylation sites (tertiary alicyclic amines) is 1. The third-order valence-corrected chi connectivity index (χ3v) is 6.25. The molecule has 0 aromatic heterocycles. The second-order valence-electron chi connectivity index (χ2n) is 8.54. The molecular formula is C25H29N3O4. The first-order valence-corrected chi connectivity index (χ1v) is 11.2. The van der Waals surface area contributed by atoms with Gasteiger partial charge in [0.15, 0.2) is 6.61 Å². The molecule has 3 amide bonds. The fourth-order valence-electron chi connectivity index (χ4n) is 4.35. The number of hydrogen-bond donors (Lipinski definition) is 1. The van der Waals surface area contributed by atoms with Crippen LogP contribution in [0.25, 0.3) is 0 Å². The predicted octanol–water partition coefficient (Wildman–Crippen LogP) is 3.84. The summed E-state index contributed by atoms with van der Waals surface area (Å²) < 4.78 is 5.68. The molecule has 7 nitrogen and oxygen atoms in total. The van der Waals surface area contributed by atoms with E-state index in [0.717, 1.165) is 31.5 Å². The average Bonchev–Trinajstić information content (AvgIpc) is 2.78. The van der Waals surface area contributed by atoms with Crippen molar-refractivity contribution in [3.05, 3.63) is 54.1 Å². The second kappa shape index (κ2) is 9.42. The molecule has 0 unspecified atom stereocenters. The summed E-state index contributed by atoms with van der Waals surface area (Å²) in [6.45, 7) is 4.89. The lowest BCUT2D eigenvalue weighted by Crippen LogP contribution is -2.49. The van der Waals surface area contributed by atoms with Gasteiger partial charge in [-0.1, -0.05) is 0 Å². The monoisotopic (exact) mass is 435 g/mol. The van der Waals surface area contributed by atoms with Crippen molar-refractivity contribution in [1.29, 1.82) is 0 Å². The van der Waals surface area contributed by atoms with E-state index in [1.807, 2.05) is 17.0 Å². The van der Waals surface area contributed by atoms with E-state index in [2.05, 4.69) is 19.2 Å². The summed E-state index contributed by atoms with van der Waals surface area (Å²) in [6.07, 6.45) is 3.79. The van der Waals surface area contributed by atoms with E-state index in [4.69, 9.17) is 4.74 Å². The van der Waals surface area contributed by atoms with Crippen molar-refractivity contribution in [2.45, 2.75) is 51.6 Å². The highest BCUT2D eigenvalue weighted by Crippen LogP contribution is 2.25. The molecule has 2 fully saturated rings. The van der Waals surface area contributed by atoms with Crippen LogP contribution in [0.2, 0.25) is 0 Å². The van der Waals surface area contributed by atoms with Crippen molar-refractivity contribution in [3.63, 3.8) is 0 Å². The highest BCUT2D eigenvalue weighted by molar-refractivity contribution is 6.04. The van der Waals surface area contributed by atoms with Gasteiger partial charge in [-0.05, 0) is 81.6 Å². The number of nitrogens with zero attached hydrogens (tertiary/aromatic N) is 2. The Bertz CT molecular complexity index is 977. The van der Waals surface area contributed by atoms with Crippen molar-refractivity contribution in [2.24, 2.45) is 0 Å². The molecule has 2 atom stereocenters. The SMILES string of the molecule is C[C@@H]1CCC[C@H](C)N1C(=O)COc1ccc(C(=O)Nc2ccc(N3CCC3=O)cc2)cc1. The van der Waals surface area contributed by atoms with E-state index in [0.29, 0.717) is 23.4 Å². The molecule has 0 saturated carbocycles. The highest BCUT2D eigenvalue weighted by Gasteiger charge is 2.29. The van der Waals surface area contributed by atoms with E-state index in [-0.39, 0.29) is 36.4 Å². The second-order valence-corrected chi connectivity index (χ2v) is 8.54. The molecule has 0 aliphatic carbocycles. The van der Waals surface area contributed by atoms with Gasteiger partial charge in [0.25, 0.3) is 11.8 Å². The van der Waals surface area contributed by atoms with Crippen LogP contribution in [0.4, 0.5) is 11.4 Å². The van der Waals surface area contributed by atoms with E-state index in [1.54, 1.807) is 41.3 Å². The van der Waals surface area contributed by atoms with E-state index < -0.39 is 0 Å². The first-order valence-electron chi connectivity index (χ1n) is 11.2. The van der Waals surface area contributed by atoms with Crippen LogP contribution in [-0.4, -0.2) is 47.9 Å². The Kier molecular flexibility index (Phi) is 6.44. The topological polar surface area (TPSA) is 79.0 Å². The maximum Gasteiger partial charge on any atom is 0.260 e. The summed E-state index contributed by atoms with van der Waals surface area (Å²) in [7, 11) is 0. The minimum Gasteiger partial charge on any atom is -0.484 e. The Morgan fingerprint density at radius 1 is 1.00 bits per heavy atom. The fourth-order valence-corrected chi connectivity index (χ4v) is 4.35. The minimum absolute atomic E-state index is 0.00473. The lowest BCUT2D eigenvalue weighted by atomic mass is 9.97. The molecule has 168 valence electrons. The van der Waals surface area contributed by atoms with Crippen LogP contribution in [0.5, 0.6) is 5.75 Å². The summed E-state index contributed by atoms with van der Waals surface area (Å²) in [4.78, 5) is 40.3. The number of amides is 3. The zero-order valence-electron chi connectivity index (χ0n) is 18.5. The van der Waals surface area contributed by atoms with E-state index >= 15 is 0 Å². The summed E-state index contributed by atoms with van der Waals surface area (Å²) >= 11 is 0. The third kappa shape index (κ3) is 4.77. The van der Waals surface area contributed by atoms with Crippen LogP contribution < -0.4 is 15.0 Å². The molecule has 2 aliphatic heterocycles. The van der Waals surface area contributed by atoms with Crippen LogP contribution >= 0.6 is 0 Å². The predicted molar refractivity (Wildman–Crippen MR) is 123 cm³/mol. The van der Waals surface area contributed by atoms with E-state index in [9.17, 15) is 14.4 Å². The molecule has 2 heterocycles. The summed E-state index contributed by atoms with van der Waals surface area (Å²) in [5.41, 5.74) is 1.98. The molecule has 2 aromatic rings. The van der Waals surface area contributed by atoms with Crippen molar-refractivity contribution in [2.75, 3.05) is 23.4 Å². The first kappa shape index (κ1) is 21.9. The molecule has 32 heavy (non-hydrogen) atoms. The highest BCUT2D eigenvalue weighted by atomic mass is 16.5. The Balaban J connectivity index is 1.29. The van der Waals surface area contributed by atoms with Gasteiger partial charge in [-0.2, -0.15) is 0 Å². The van der Waals surface area contributed by atoms with Gasteiger partial charge in [-0.3, -0.25) is 14.4 Å². The molecule has 2 aliphatic rings. The standard InChI is InChI=1S/C25H29N3O4/c1-17-4-3-5-18(2)28(17)24(30)16-32-22-12-6-19(7-13-22)25(31)26-20-8-10-21(11-9-20)27-15-14-23(27)29/h6-13,17-18H,3-5,14-16H2,1-2H3,(H,26,31)/t17-,18+. The quantitative estimate of drug-likeness (QED) is 0.699. The lowest BCUT2D eigenvalue weighted by molar-refractivity contribution is -0.139. The van der Waals surface area contributed by atoms with Crippen molar-refractivity contribution < 1.29 is 19.1 Å². The molecule has 1 N–H and O–H groups in total. The zero-order chi connectivity index (χ0) is 22.7. The van der Waals surface area contributed by atoms with Crippen LogP contribution in [-0.2, 0) is 9.59 Å². The smallest absolute Gasteiger partial charge is 0.260 e. The number of piperidine rings is 1. The minimum atomic E-state index is -0.239. The normalized spacial score (nSPS) is 20.5. The molecule has 0 spiro atoms. The number of hydrogen-bond acceptors (Lipinski definition) is 4. The molecule has 2 aromatic carbocycles. The maximum absolute atomic E-state index is 12.6. The first-order chi connectivity index (χ1) is 15.4. The summed E-state index contributed by atoms with van der Waals surface area (Å²) in [5, 5.41) is 2.85. The Morgan fingerprint density at radius 2 is 1.66 bits per heavy atom. The number of benzene rings is 2. The lowest BCUT2D eigenvalue weighted by Gasteiger charge is -2.38. The van der Waals surface area contributed by atoms with Gasteiger partial charge in [-0.25, -0.2) is 0 Å². The molecule has 0 radical (unpaired) electrons. The van der Waals surface area contributed by atoms with Gasteiger partial charge in [0.1, 0.15) is 5.75 Å². The number of carbonyl (C=O) groups is 3. The number of ether oxygens (including phenoxy) is 1. The molecule has 7 heteroatoms.